The maximum absolute atomic E-state index is 12.3. The summed E-state index contributed by atoms with van der Waals surface area (Å²) in [5.41, 5.74) is 0.805. The topological polar surface area (TPSA) is 62.5 Å². The van der Waals surface area contributed by atoms with Crippen LogP contribution in [-0.4, -0.2) is 58.6 Å². The van der Waals surface area contributed by atoms with E-state index < -0.39 is 0 Å². The highest BCUT2D eigenvalue weighted by Gasteiger charge is 2.20. The van der Waals surface area contributed by atoms with Gasteiger partial charge in [-0.2, -0.15) is 4.98 Å². The fourth-order valence-corrected chi connectivity index (χ4v) is 2.98. The Morgan fingerprint density at radius 2 is 2.08 bits per heavy atom. The van der Waals surface area contributed by atoms with Crippen molar-refractivity contribution >= 4 is 17.5 Å². The number of piperazine rings is 1. The zero-order chi connectivity index (χ0) is 16.9. The number of hydrogen-bond acceptors (Lipinski definition) is 5. The van der Waals surface area contributed by atoms with Gasteiger partial charge in [-0.1, -0.05) is 35.8 Å². The van der Waals surface area contributed by atoms with Crippen molar-refractivity contribution in [2.75, 3.05) is 32.7 Å². The molecule has 3 rings (SSSR count). The number of aryl methyl sites for hydroxylation is 1. The minimum absolute atomic E-state index is 0.147. The van der Waals surface area contributed by atoms with E-state index in [2.05, 4.69) is 22.0 Å². The Bertz CT molecular complexity index is 695. The molecule has 0 bridgehead atoms. The molecule has 2 heterocycles. The van der Waals surface area contributed by atoms with E-state index in [9.17, 15) is 4.79 Å². The van der Waals surface area contributed by atoms with E-state index in [-0.39, 0.29) is 5.91 Å². The largest absolute Gasteiger partial charge is 0.340 e. The maximum atomic E-state index is 12.3. The first kappa shape index (κ1) is 16.9. The zero-order valence-corrected chi connectivity index (χ0v) is 14.5. The molecule has 1 amide bonds. The van der Waals surface area contributed by atoms with E-state index in [1.165, 1.54) is 0 Å². The molecule has 128 valence electrons. The first-order valence-corrected chi connectivity index (χ1v) is 8.62. The Balaban J connectivity index is 1.53. The minimum atomic E-state index is 0.147. The highest BCUT2D eigenvalue weighted by molar-refractivity contribution is 6.30. The van der Waals surface area contributed by atoms with Crippen LogP contribution < -0.4 is 0 Å². The van der Waals surface area contributed by atoms with E-state index in [1.807, 2.05) is 17.0 Å². The second-order valence-electron chi connectivity index (χ2n) is 5.84. The Hall–Kier alpha value is -1.92. The molecule has 1 fully saturated rings. The van der Waals surface area contributed by atoms with Gasteiger partial charge in [-0.25, -0.2) is 0 Å². The maximum Gasteiger partial charge on any atom is 0.227 e. The van der Waals surface area contributed by atoms with Crippen molar-refractivity contribution in [2.45, 2.75) is 19.8 Å². The lowest BCUT2D eigenvalue weighted by atomic mass is 10.2. The van der Waals surface area contributed by atoms with Crippen molar-refractivity contribution in [3.8, 4) is 11.4 Å². The molecule has 24 heavy (non-hydrogen) atoms. The molecule has 0 spiro atoms. The van der Waals surface area contributed by atoms with Gasteiger partial charge in [0.15, 0.2) is 0 Å². The lowest BCUT2D eigenvalue weighted by molar-refractivity contribution is -0.132. The number of hydrogen-bond donors (Lipinski definition) is 0. The number of nitrogens with zero attached hydrogens (tertiary/aromatic N) is 4. The first-order chi connectivity index (χ1) is 11.7. The fraction of sp³-hybridized carbons (Fsp3) is 0.471. The second kappa shape index (κ2) is 7.77. The van der Waals surface area contributed by atoms with E-state index in [4.69, 9.17) is 16.1 Å². The predicted octanol–water partition coefficient (Wildman–Crippen LogP) is 2.49. The highest BCUT2D eigenvalue weighted by atomic mass is 35.5. The van der Waals surface area contributed by atoms with Gasteiger partial charge in [-0.3, -0.25) is 4.79 Å². The second-order valence-corrected chi connectivity index (χ2v) is 6.27. The molecule has 7 heteroatoms. The molecule has 0 N–H and O–H groups in total. The summed E-state index contributed by atoms with van der Waals surface area (Å²) in [6.07, 6.45) is 0.851. The van der Waals surface area contributed by atoms with Crippen LogP contribution in [0, 0.1) is 0 Å². The summed E-state index contributed by atoms with van der Waals surface area (Å²) in [6.45, 7) is 6.67. The lowest BCUT2D eigenvalue weighted by Crippen LogP contribution is -2.48. The summed E-state index contributed by atoms with van der Waals surface area (Å²) in [7, 11) is 0. The van der Waals surface area contributed by atoms with Gasteiger partial charge in [0.05, 0.1) is 0 Å². The molecule has 0 atom stereocenters. The first-order valence-electron chi connectivity index (χ1n) is 8.24. The Morgan fingerprint density at radius 3 is 2.79 bits per heavy atom. The van der Waals surface area contributed by atoms with Gasteiger partial charge in [0.1, 0.15) is 0 Å². The molecule has 0 saturated carbocycles. The van der Waals surface area contributed by atoms with Crippen LogP contribution >= 0.6 is 11.6 Å². The molecule has 1 aromatic carbocycles. The van der Waals surface area contributed by atoms with Crippen molar-refractivity contribution in [3.05, 3.63) is 35.2 Å². The molecule has 1 aromatic heterocycles. The van der Waals surface area contributed by atoms with E-state index in [1.54, 1.807) is 12.1 Å². The number of halogens is 1. The molecule has 1 aliphatic heterocycles. The molecular weight excluding hydrogens is 328 g/mol. The van der Waals surface area contributed by atoms with Crippen molar-refractivity contribution in [1.82, 2.24) is 19.9 Å². The summed E-state index contributed by atoms with van der Waals surface area (Å²) < 4.78 is 5.25. The molecule has 0 aliphatic carbocycles. The molecule has 2 aromatic rings. The summed E-state index contributed by atoms with van der Waals surface area (Å²) in [4.78, 5) is 20.9. The third kappa shape index (κ3) is 4.13. The number of benzene rings is 1. The average molecular weight is 349 g/mol. The van der Waals surface area contributed by atoms with Gasteiger partial charge in [-0.15, -0.1) is 0 Å². The normalized spacial score (nSPS) is 15.7. The molecule has 6 nitrogen and oxygen atoms in total. The SMILES string of the molecule is CCN1CCN(C(=O)CCc2nc(-c3cccc(Cl)c3)no2)CC1. The van der Waals surface area contributed by atoms with Gasteiger partial charge < -0.3 is 14.3 Å². The number of amides is 1. The van der Waals surface area contributed by atoms with Gasteiger partial charge in [-0.05, 0) is 18.7 Å². The Labute approximate surface area is 146 Å². The summed E-state index contributed by atoms with van der Waals surface area (Å²) in [6, 6.07) is 7.30. The van der Waals surface area contributed by atoms with Crippen LogP contribution in [0.2, 0.25) is 5.02 Å². The summed E-state index contributed by atoms with van der Waals surface area (Å²) in [5.74, 6) is 1.12. The standard InChI is InChI=1S/C17H21ClN4O2/c1-2-21-8-10-22(11-9-21)16(23)7-6-15-19-17(20-24-15)13-4-3-5-14(18)12-13/h3-5,12H,2,6-11H2,1H3. The Kier molecular flexibility index (Phi) is 5.48. The number of carbonyl (C=O) groups is 1. The van der Waals surface area contributed by atoms with E-state index in [0.29, 0.717) is 29.6 Å². The van der Waals surface area contributed by atoms with Crippen molar-refractivity contribution < 1.29 is 9.32 Å². The minimum Gasteiger partial charge on any atom is -0.340 e. The summed E-state index contributed by atoms with van der Waals surface area (Å²) in [5, 5.41) is 4.59. The van der Waals surface area contributed by atoms with Crippen LogP contribution in [0.4, 0.5) is 0 Å². The van der Waals surface area contributed by atoms with E-state index >= 15 is 0 Å². The van der Waals surface area contributed by atoms with Gasteiger partial charge in [0, 0.05) is 49.6 Å². The number of likely N-dealkylation sites (N-methyl/N-ethyl adjacent to an activating group) is 1. The van der Waals surface area contributed by atoms with Crippen LogP contribution in [0.3, 0.4) is 0 Å². The molecule has 0 unspecified atom stereocenters. The van der Waals surface area contributed by atoms with Crippen molar-refractivity contribution in [1.29, 1.82) is 0 Å². The Morgan fingerprint density at radius 1 is 1.29 bits per heavy atom. The van der Waals surface area contributed by atoms with Gasteiger partial charge in [0.2, 0.25) is 17.6 Å². The highest BCUT2D eigenvalue weighted by Crippen LogP contribution is 2.20. The quantitative estimate of drug-likeness (QED) is 0.830. The van der Waals surface area contributed by atoms with Crippen molar-refractivity contribution in [2.24, 2.45) is 0 Å². The van der Waals surface area contributed by atoms with Crippen LogP contribution in [0.5, 0.6) is 0 Å². The lowest BCUT2D eigenvalue weighted by Gasteiger charge is -2.34. The van der Waals surface area contributed by atoms with Crippen molar-refractivity contribution in [3.63, 3.8) is 0 Å². The third-order valence-corrected chi connectivity index (χ3v) is 4.51. The fourth-order valence-electron chi connectivity index (χ4n) is 2.79. The number of carbonyl (C=O) groups excluding carboxylic acids is 1. The predicted molar refractivity (Wildman–Crippen MR) is 91.8 cm³/mol. The average Bonchev–Trinajstić information content (AvgIpc) is 3.09. The molecule has 1 aliphatic rings. The van der Waals surface area contributed by atoms with Gasteiger partial charge >= 0.3 is 0 Å². The zero-order valence-electron chi connectivity index (χ0n) is 13.7. The van der Waals surface area contributed by atoms with Gasteiger partial charge in [0.25, 0.3) is 0 Å². The molecular formula is C17H21ClN4O2. The van der Waals surface area contributed by atoms with Crippen LogP contribution in [0.15, 0.2) is 28.8 Å². The summed E-state index contributed by atoms with van der Waals surface area (Å²) >= 11 is 5.97. The third-order valence-electron chi connectivity index (χ3n) is 4.28. The van der Waals surface area contributed by atoms with Crippen LogP contribution in [0.25, 0.3) is 11.4 Å². The number of rotatable bonds is 5. The number of aromatic nitrogens is 2. The van der Waals surface area contributed by atoms with Crippen LogP contribution in [-0.2, 0) is 11.2 Å². The molecule has 0 radical (unpaired) electrons. The van der Waals surface area contributed by atoms with E-state index in [0.717, 1.165) is 38.3 Å². The smallest absolute Gasteiger partial charge is 0.227 e. The monoisotopic (exact) mass is 348 g/mol. The molecule has 1 saturated heterocycles. The van der Waals surface area contributed by atoms with Crippen LogP contribution in [0.1, 0.15) is 19.2 Å².